The Labute approximate surface area is 252 Å². The fourth-order valence-corrected chi connectivity index (χ4v) is 8.23. The van der Waals surface area contributed by atoms with E-state index >= 15 is 0 Å². The number of rotatable bonds is 7. The molecule has 2 aliphatic carbocycles. The summed E-state index contributed by atoms with van der Waals surface area (Å²) in [4.78, 5) is 29.3. The maximum absolute atomic E-state index is 15.0. The summed E-state index contributed by atoms with van der Waals surface area (Å²) in [5.74, 6) is -4.56. The predicted molar refractivity (Wildman–Crippen MR) is 161 cm³/mol. The number of nitrogens with zero attached hydrogens (tertiary/aromatic N) is 4. The van der Waals surface area contributed by atoms with Gasteiger partial charge in [-0.15, -0.1) is 11.3 Å². The second-order valence-electron chi connectivity index (χ2n) is 11.3. The monoisotopic (exact) mass is 633 g/mol. The van der Waals surface area contributed by atoms with Crippen LogP contribution >= 0.6 is 22.9 Å². The number of anilines is 1. The van der Waals surface area contributed by atoms with Gasteiger partial charge in [-0.25, -0.2) is 22.2 Å². The molecule has 3 aromatic rings. The van der Waals surface area contributed by atoms with Crippen molar-refractivity contribution in [3.63, 3.8) is 0 Å². The third-order valence-electron chi connectivity index (χ3n) is 8.34. The van der Waals surface area contributed by atoms with Crippen molar-refractivity contribution >= 4 is 51.1 Å². The topological polar surface area (TPSA) is 105 Å². The van der Waals surface area contributed by atoms with Crippen molar-refractivity contribution in [1.82, 2.24) is 15.3 Å². The van der Waals surface area contributed by atoms with Crippen molar-refractivity contribution in [1.29, 1.82) is 0 Å². The molecule has 0 unspecified atom stereocenters. The van der Waals surface area contributed by atoms with E-state index in [1.807, 2.05) is 29.2 Å². The molecule has 6 rings (SSSR count). The quantitative estimate of drug-likeness (QED) is 0.341. The molecule has 42 heavy (non-hydrogen) atoms. The van der Waals surface area contributed by atoms with Crippen molar-refractivity contribution < 1.29 is 22.0 Å². The van der Waals surface area contributed by atoms with Crippen molar-refractivity contribution in [3.8, 4) is 21.0 Å². The van der Waals surface area contributed by atoms with E-state index in [0.717, 1.165) is 11.3 Å². The smallest absolute Gasteiger partial charge is 0.248 e. The highest BCUT2D eigenvalue weighted by molar-refractivity contribution is 7.91. The second-order valence-corrected chi connectivity index (χ2v) is 15.0. The molecule has 2 saturated carbocycles. The summed E-state index contributed by atoms with van der Waals surface area (Å²) in [6.45, 7) is 4.42. The number of benzene rings is 1. The molecule has 3 heterocycles. The number of sulfone groups is 1. The van der Waals surface area contributed by atoms with E-state index < -0.39 is 39.7 Å². The third kappa shape index (κ3) is 6.07. The van der Waals surface area contributed by atoms with Gasteiger partial charge in [-0.3, -0.25) is 14.8 Å². The third-order valence-corrected chi connectivity index (χ3v) is 11.3. The van der Waals surface area contributed by atoms with Crippen molar-refractivity contribution in [2.24, 2.45) is 10.9 Å². The second kappa shape index (κ2) is 10.9. The highest BCUT2D eigenvalue weighted by Gasteiger charge is 2.50. The maximum Gasteiger partial charge on any atom is 0.248 e. The highest BCUT2D eigenvalue weighted by atomic mass is 35.5. The van der Waals surface area contributed by atoms with Crippen LogP contribution in [-0.2, 0) is 14.6 Å². The number of carbonyl (C=O) groups is 1. The number of hydrogen-bond donors (Lipinski definition) is 1. The molecule has 3 aliphatic rings. The van der Waals surface area contributed by atoms with Gasteiger partial charge in [-0.1, -0.05) is 23.7 Å². The van der Waals surface area contributed by atoms with Crippen LogP contribution in [0.1, 0.15) is 43.7 Å². The lowest BCUT2D eigenvalue weighted by Gasteiger charge is -2.35. The van der Waals surface area contributed by atoms with Crippen molar-refractivity contribution in [3.05, 3.63) is 53.4 Å². The van der Waals surface area contributed by atoms with E-state index in [1.54, 1.807) is 12.3 Å². The Morgan fingerprint density at radius 3 is 2.48 bits per heavy atom. The number of halogens is 3. The molecule has 0 spiro atoms. The molecule has 2 aromatic heterocycles. The molecule has 3 fully saturated rings. The summed E-state index contributed by atoms with van der Waals surface area (Å²) in [6, 6.07) is 9.33. The zero-order chi connectivity index (χ0) is 29.7. The Bertz CT molecular complexity index is 1610. The van der Waals surface area contributed by atoms with Crippen LogP contribution in [0.2, 0.25) is 5.02 Å². The molecule has 1 aromatic carbocycles. The minimum absolute atomic E-state index is 0.0263. The number of carbonyl (C=O) groups excluding carboxylic acids is 1. The molecule has 1 amide bonds. The summed E-state index contributed by atoms with van der Waals surface area (Å²) in [5, 5.41) is 3.95. The number of nitrogens with one attached hydrogen (secondary N) is 1. The van der Waals surface area contributed by atoms with Crippen LogP contribution in [-0.4, -0.2) is 67.2 Å². The average molecular weight is 634 g/mol. The normalized spacial score (nSPS) is 24.1. The summed E-state index contributed by atoms with van der Waals surface area (Å²) in [7, 11) is -3.02. The maximum atomic E-state index is 15.0. The van der Waals surface area contributed by atoms with E-state index in [4.69, 9.17) is 16.6 Å². The molecule has 13 heteroatoms. The van der Waals surface area contributed by atoms with Gasteiger partial charge in [-0.05, 0) is 49.7 Å². The number of amides is 1. The van der Waals surface area contributed by atoms with Gasteiger partial charge in [0.25, 0.3) is 0 Å². The highest BCUT2D eigenvalue weighted by Crippen LogP contribution is 2.50. The Hall–Kier alpha value is -2.96. The van der Waals surface area contributed by atoms with Gasteiger partial charge >= 0.3 is 0 Å². The van der Waals surface area contributed by atoms with Gasteiger partial charge in [0.2, 0.25) is 11.8 Å². The molecular weight excluding hydrogens is 604 g/mol. The molecule has 8 nitrogen and oxygen atoms in total. The van der Waals surface area contributed by atoms with Crippen LogP contribution in [0, 0.1) is 5.92 Å². The van der Waals surface area contributed by atoms with E-state index in [0.29, 0.717) is 52.1 Å². The summed E-state index contributed by atoms with van der Waals surface area (Å²) in [6.07, 6.45) is 3.65. The number of aromatic nitrogens is 2. The number of aliphatic imine (C=N–C) groups is 1. The molecule has 1 saturated heterocycles. The lowest BCUT2D eigenvalue weighted by Crippen LogP contribution is -2.44. The molecule has 1 aliphatic heterocycles. The van der Waals surface area contributed by atoms with Gasteiger partial charge in [0.1, 0.15) is 10.7 Å². The fourth-order valence-electron chi connectivity index (χ4n) is 5.73. The Balaban J connectivity index is 1.39. The fraction of sp³-hybridized carbons (Fsp3) is 0.448. The molecular formula is C29H30ClF2N5O3S2. The average Bonchev–Trinajstić information content (AvgIpc) is 3.58. The SMILES string of the molecule is C=NC1(NC(=O)[C@@H]2CCC(F)(F)C[C@H]2c2nc(-c3cncc(Cl)c3)sc2-c2ccc(N3CCS(=O)(=O)CC3)cc2)CC1. The van der Waals surface area contributed by atoms with Crippen molar-refractivity contribution in [2.75, 3.05) is 29.5 Å². The molecule has 1 N–H and O–H groups in total. The number of hydrogen-bond acceptors (Lipinski definition) is 8. The first-order chi connectivity index (χ1) is 20.0. The minimum Gasteiger partial charge on any atom is -0.369 e. The van der Waals surface area contributed by atoms with E-state index in [2.05, 4.69) is 22.0 Å². The zero-order valence-corrected chi connectivity index (χ0v) is 25.1. The number of pyridine rings is 1. The lowest BCUT2D eigenvalue weighted by molar-refractivity contribution is -0.131. The van der Waals surface area contributed by atoms with Crippen LogP contribution in [0.25, 0.3) is 21.0 Å². The summed E-state index contributed by atoms with van der Waals surface area (Å²) >= 11 is 7.55. The summed E-state index contributed by atoms with van der Waals surface area (Å²) in [5.41, 5.74) is 2.06. The first-order valence-electron chi connectivity index (χ1n) is 13.8. The molecule has 222 valence electrons. The molecule has 0 bridgehead atoms. The Kier molecular flexibility index (Phi) is 7.59. The van der Waals surface area contributed by atoms with Crippen LogP contribution < -0.4 is 10.2 Å². The largest absolute Gasteiger partial charge is 0.369 e. The van der Waals surface area contributed by atoms with Crippen LogP contribution in [0.4, 0.5) is 14.5 Å². The van der Waals surface area contributed by atoms with Gasteiger partial charge < -0.3 is 10.2 Å². The Morgan fingerprint density at radius 2 is 1.83 bits per heavy atom. The van der Waals surface area contributed by atoms with Crippen molar-refractivity contribution in [2.45, 2.75) is 49.6 Å². The van der Waals surface area contributed by atoms with Crippen LogP contribution in [0.15, 0.2) is 47.7 Å². The molecule has 2 atom stereocenters. The molecule has 0 radical (unpaired) electrons. The standard InChI is InChI=1S/C29H30ClF2N5O3S2/c1-33-29(8-9-29)36-26(38)22-6-7-28(31,32)15-23(22)24-25(41-27(35-24)19-14-20(30)17-34-16-19)18-2-4-21(5-3-18)37-10-12-42(39,40)13-11-37/h2-5,14,16-17,22-23H,1,6-13,15H2,(H,36,38)/t22-,23-/m1/s1. The Morgan fingerprint density at radius 1 is 1.12 bits per heavy atom. The van der Waals surface area contributed by atoms with E-state index in [1.165, 1.54) is 17.5 Å². The number of alkyl halides is 2. The van der Waals surface area contributed by atoms with E-state index in [-0.39, 0.29) is 30.3 Å². The van der Waals surface area contributed by atoms with Gasteiger partial charge in [0, 0.05) is 61.4 Å². The lowest BCUT2D eigenvalue weighted by atomic mass is 9.74. The van der Waals surface area contributed by atoms with Crippen LogP contribution in [0.5, 0.6) is 0 Å². The number of thiazole rings is 1. The first kappa shape index (κ1) is 29.1. The van der Waals surface area contributed by atoms with Crippen LogP contribution in [0.3, 0.4) is 0 Å². The predicted octanol–water partition coefficient (Wildman–Crippen LogP) is 5.59. The van der Waals surface area contributed by atoms with E-state index in [9.17, 15) is 22.0 Å². The zero-order valence-electron chi connectivity index (χ0n) is 22.7. The van der Waals surface area contributed by atoms with Gasteiger partial charge in [-0.2, -0.15) is 0 Å². The van der Waals surface area contributed by atoms with Gasteiger partial charge in [0.05, 0.1) is 27.1 Å². The minimum atomic E-state index is -3.02. The van der Waals surface area contributed by atoms with Gasteiger partial charge in [0.15, 0.2) is 9.84 Å². The summed E-state index contributed by atoms with van der Waals surface area (Å²) < 4.78 is 53.7. The first-order valence-corrected chi connectivity index (χ1v) is 16.8.